The van der Waals surface area contributed by atoms with Crippen molar-refractivity contribution in [2.24, 2.45) is 17.3 Å². The highest BCUT2D eigenvalue weighted by Crippen LogP contribution is 2.50. The number of hydrogen-bond acceptors (Lipinski definition) is 2. The Kier molecular flexibility index (Phi) is 7.12. The lowest BCUT2D eigenvalue weighted by Crippen LogP contribution is -2.54. The number of amides is 4. The SMILES string of the molecule is Cc1ccc(NC(=O)NCC2CC(CNC(=O)Nc3ccc(C)c(C)c3)C2(C)C)cc1C. The summed E-state index contributed by atoms with van der Waals surface area (Å²) in [5.74, 6) is 0.755. The lowest BCUT2D eigenvalue weighted by atomic mass is 9.54. The Morgan fingerprint density at radius 1 is 0.750 bits per heavy atom. The number of nitrogens with one attached hydrogen (secondary N) is 4. The lowest BCUT2D eigenvalue weighted by Gasteiger charge is -2.52. The molecule has 32 heavy (non-hydrogen) atoms. The lowest BCUT2D eigenvalue weighted by molar-refractivity contribution is -0.0142. The molecule has 4 amide bonds. The van der Waals surface area contributed by atoms with Gasteiger partial charge in [0.2, 0.25) is 0 Å². The summed E-state index contributed by atoms with van der Waals surface area (Å²) >= 11 is 0. The molecule has 0 bridgehead atoms. The van der Waals surface area contributed by atoms with Crippen LogP contribution in [0.25, 0.3) is 0 Å². The number of hydrogen-bond donors (Lipinski definition) is 4. The van der Waals surface area contributed by atoms with Crippen LogP contribution in [0.5, 0.6) is 0 Å². The van der Waals surface area contributed by atoms with E-state index in [1.54, 1.807) is 0 Å². The maximum absolute atomic E-state index is 12.3. The van der Waals surface area contributed by atoms with Crippen molar-refractivity contribution in [2.45, 2.75) is 48.0 Å². The van der Waals surface area contributed by atoms with Gasteiger partial charge in [0.15, 0.2) is 0 Å². The van der Waals surface area contributed by atoms with Crippen LogP contribution in [0.15, 0.2) is 36.4 Å². The van der Waals surface area contributed by atoms with Crippen LogP contribution in [0.3, 0.4) is 0 Å². The van der Waals surface area contributed by atoms with Crippen molar-refractivity contribution in [2.75, 3.05) is 23.7 Å². The van der Waals surface area contributed by atoms with Gasteiger partial charge in [-0.2, -0.15) is 0 Å². The third-order valence-electron chi connectivity index (χ3n) is 7.22. The summed E-state index contributed by atoms with van der Waals surface area (Å²) in [5.41, 5.74) is 6.36. The molecule has 0 aliphatic heterocycles. The molecular weight excluding hydrogens is 400 g/mol. The Morgan fingerprint density at radius 2 is 1.16 bits per heavy atom. The van der Waals surface area contributed by atoms with Crippen LogP contribution in [0.1, 0.15) is 42.5 Å². The van der Waals surface area contributed by atoms with Crippen molar-refractivity contribution in [3.63, 3.8) is 0 Å². The van der Waals surface area contributed by atoms with Crippen LogP contribution in [0.4, 0.5) is 21.0 Å². The topological polar surface area (TPSA) is 82.3 Å². The van der Waals surface area contributed by atoms with E-state index in [1.807, 2.05) is 50.2 Å². The number of aryl methyl sites for hydroxylation is 4. The Morgan fingerprint density at radius 3 is 1.50 bits per heavy atom. The van der Waals surface area contributed by atoms with Gasteiger partial charge in [-0.3, -0.25) is 0 Å². The van der Waals surface area contributed by atoms with E-state index >= 15 is 0 Å². The van der Waals surface area contributed by atoms with Crippen molar-refractivity contribution in [1.82, 2.24) is 10.6 Å². The molecule has 1 saturated carbocycles. The van der Waals surface area contributed by atoms with E-state index in [1.165, 1.54) is 11.1 Å². The van der Waals surface area contributed by atoms with Gasteiger partial charge in [-0.05, 0) is 97.9 Å². The second-order valence-corrected chi connectivity index (χ2v) is 9.72. The van der Waals surface area contributed by atoms with Gasteiger partial charge in [0.25, 0.3) is 0 Å². The molecule has 172 valence electrons. The summed E-state index contributed by atoms with van der Waals surface area (Å²) in [5, 5.41) is 11.8. The minimum Gasteiger partial charge on any atom is -0.338 e. The summed E-state index contributed by atoms with van der Waals surface area (Å²) in [6.45, 7) is 13.8. The van der Waals surface area contributed by atoms with Gasteiger partial charge in [-0.25, -0.2) is 9.59 Å². The zero-order valence-electron chi connectivity index (χ0n) is 20.1. The highest BCUT2D eigenvalue weighted by molar-refractivity contribution is 5.90. The monoisotopic (exact) mass is 436 g/mol. The normalized spacial score (nSPS) is 18.9. The number of carbonyl (C=O) groups is 2. The van der Waals surface area contributed by atoms with Gasteiger partial charge in [-0.15, -0.1) is 0 Å². The molecule has 6 nitrogen and oxygen atoms in total. The van der Waals surface area contributed by atoms with E-state index in [2.05, 4.69) is 49.0 Å². The van der Waals surface area contributed by atoms with Gasteiger partial charge in [0.1, 0.15) is 0 Å². The molecule has 3 rings (SSSR count). The standard InChI is InChI=1S/C26H36N4O2/c1-16-7-9-22(11-18(16)3)29-24(31)27-14-20-13-21(26(20,5)6)15-28-25(32)30-23-10-8-17(2)19(4)12-23/h7-12,20-21H,13-15H2,1-6H3,(H2,27,29,31)(H2,28,30,32). The molecule has 2 unspecified atom stereocenters. The maximum atomic E-state index is 12.3. The molecule has 0 radical (unpaired) electrons. The van der Waals surface area contributed by atoms with Crippen molar-refractivity contribution in [3.8, 4) is 0 Å². The third kappa shape index (κ3) is 5.61. The number of benzene rings is 2. The van der Waals surface area contributed by atoms with Crippen molar-refractivity contribution in [1.29, 1.82) is 0 Å². The molecule has 0 aromatic heterocycles. The molecule has 2 aromatic rings. The molecule has 0 heterocycles. The summed E-state index contributed by atoms with van der Waals surface area (Å²) in [6, 6.07) is 11.4. The Balaban J connectivity index is 1.41. The van der Waals surface area contributed by atoms with E-state index in [9.17, 15) is 9.59 Å². The van der Waals surface area contributed by atoms with Crippen molar-refractivity contribution in [3.05, 3.63) is 58.7 Å². The zero-order valence-corrected chi connectivity index (χ0v) is 20.1. The Labute approximate surface area is 191 Å². The van der Waals surface area contributed by atoms with Crippen LogP contribution in [0.2, 0.25) is 0 Å². The number of rotatable bonds is 6. The van der Waals surface area contributed by atoms with Crippen LogP contribution in [0, 0.1) is 44.9 Å². The molecule has 0 spiro atoms. The predicted molar refractivity (Wildman–Crippen MR) is 131 cm³/mol. The second-order valence-electron chi connectivity index (χ2n) is 9.72. The van der Waals surface area contributed by atoms with E-state index in [0.717, 1.165) is 28.9 Å². The minimum absolute atomic E-state index is 0.0431. The van der Waals surface area contributed by atoms with E-state index < -0.39 is 0 Å². The minimum atomic E-state index is -0.182. The summed E-state index contributed by atoms with van der Waals surface area (Å²) < 4.78 is 0. The number of anilines is 2. The smallest absolute Gasteiger partial charge is 0.319 e. The van der Waals surface area contributed by atoms with E-state index in [0.29, 0.717) is 24.9 Å². The molecule has 0 saturated heterocycles. The van der Waals surface area contributed by atoms with Gasteiger partial charge in [-0.1, -0.05) is 26.0 Å². The quantitative estimate of drug-likeness (QED) is 0.480. The summed E-state index contributed by atoms with van der Waals surface area (Å²) in [4.78, 5) is 24.6. The summed E-state index contributed by atoms with van der Waals surface area (Å²) in [7, 11) is 0. The maximum Gasteiger partial charge on any atom is 0.319 e. The molecule has 1 fully saturated rings. The van der Waals surface area contributed by atoms with E-state index in [-0.39, 0.29) is 17.5 Å². The average molecular weight is 437 g/mol. The first-order valence-corrected chi connectivity index (χ1v) is 11.3. The fourth-order valence-corrected chi connectivity index (χ4v) is 4.24. The predicted octanol–water partition coefficient (Wildman–Crippen LogP) is 5.53. The zero-order chi connectivity index (χ0) is 23.5. The van der Waals surface area contributed by atoms with Crippen LogP contribution in [-0.2, 0) is 0 Å². The average Bonchev–Trinajstić information content (AvgIpc) is 2.72. The van der Waals surface area contributed by atoms with Crippen molar-refractivity contribution < 1.29 is 9.59 Å². The van der Waals surface area contributed by atoms with Gasteiger partial charge < -0.3 is 21.3 Å². The molecule has 2 aromatic carbocycles. The van der Waals surface area contributed by atoms with Gasteiger partial charge >= 0.3 is 12.1 Å². The van der Waals surface area contributed by atoms with Gasteiger partial charge in [0, 0.05) is 24.5 Å². The van der Waals surface area contributed by atoms with Crippen LogP contribution < -0.4 is 21.3 Å². The molecule has 4 N–H and O–H groups in total. The molecule has 6 heteroatoms. The fourth-order valence-electron chi connectivity index (χ4n) is 4.24. The first-order chi connectivity index (χ1) is 15.1. The molecule has 1 aliphatic carbocycles. The highest BCUT2D eigenvalue weighted by Gasteiger charge is 2.47. The Hall–Kier alpha value is -3.02. The third-order valence-corrected chi connectivity index (χ3v) is 7.22. The van der Waals surface area contributed by atoms with Crippen LogP contribution in [-0.4, -0.2) is 25.2 Å². The number of urea groups is 2. The molecular formula is C26H36N4O2. The first-order valence-electron chi connectivity index (χ1n) is 11.3. The second kappa shape index (κ2) is 9.63. The first kappa shape index (κ1) is 23.6. The van der Waals surface area contributed by atoms with Gasteiger partial charge in [0.05, 0.1) is 0 Å². The largest absolute Gasteiger partial charge is 0.338 e. The molecule has 1 aliphatic rings. The number of carbonyl (C=O) groups excluding carboxylic acids is 2. The highest BCUT2D eigenvalue weighted by atomic mass is 16.2. The fraction of sp³-hybridized carbons (Fsp3) is 0.462. The van der Waals surface area contributed by atoms with Crippen molar-refractivity contribution >= 4 is 23.4 Å². The van der Waals surface area contributed by atoms with Crippen LogP contribution >= 0.6 is 0 Å². The summed E-state index contributed by atoms with van der Waals surface area (Å²) in [6.07, 6.45) is 0.973. The molecule has 2 atom stereocenters. The van der Waals surface area contributed by atoms with E-state index in [4.69, 9.17) is 0 Å². The Bertz CT molecular complexity index is 922.